The molecular weight excluding hydrogens is 210 g/mol. The second-order valence-corrected chi connectivity index (χ2v) is 3.08. The first-order chi connectivity index (χ1) is 6.95. The Morgan fingerprint density at radius 1 is 1.20 bits per heavy atom. The molecule has 0 radical (unpaired) electrons. The van der Waals surface area contributed by atoms with Crippen LogP contribution in [0.5, 0.6) is 0 Å². The normalized spacial score (nSPS) is 13.9. The van der Waals surface area contributed by atoms with Crippen LogP contribution < -0.4 is 5.32 Å². The van der Waals surface area contributed by atoms with Crippen LogP contribution >= 0.6 is 0 Å². The summed E-state index contributed by atoms with van der Waals surface area (Å²) in [5.41, 5.74) is 0.0192. The van der Waals surface area contributed by atoms with Crippen molar-refractivity contribution >= 4 is 0 Å². The van der Waals surface area contributed by atoms with Crippen molar-refractivity contribution in [3.8, 4) is 0 Å². The molecule has 0 aromatic heterocycles. The molecule has 0 saturated heterocycles. The van der Waals surface area contributed by atoms with Gasteiger partial charge in [-0.3, -0.25) is 0 Å². The summed E-state index contributed by atoms with van der Waals surface area (Å²) in [6.07, 6.45) is -4.37. The number of rotatable bonds is 3. The Labute approximate surface area is 85.1 Å². The molecule has 1 N–H and O–H groups in total. The predicted molar refractivity (Wildman–Crippen MR) is 48.9 cm³/mol. The van der Waals surface area contributed by atoms with E-state index in [-0.39, 0.29) is 12.1 Å². The highest BCUT2D eigenvalue weighted by atomic mass is 19.4. The largest absolute Gasteiger partial charge is 0.407 e. The third kappa shape index (κ3) is 3.20. The van der Waals surface area contributed by atoms with E-state index in [1.54, 1.807) is 6.92 Å². The van der Waals surface area contributed by atoms with Crippen molar-refractivity contribution in [3.63, 3.8) is 0 Å². The smallest absolute Gasteiger partial charge is 0.303 e. The summed E-state index contributed by atoms with van der Waals surface area (Å²) in [7, 11) is 0. The molecule has 1 nitrogen and oxygen atoms in total. The van der Waals surface area contributed by atoms with E-state index < -0.39 is 18.0 Å². The number of hydrogen-bond donors (Lipinski definition) is 1. The van der Waals surface area contributed by atoms with Gasteiger partial charge in [0.25, 0.3) is 0 Å². The van der Waals surface area contributed by atoms with Gasteiger partial charge < -0.3 is 5.32 Å². The number of hydrogen-bond acceptors (Lipinski definition) is 1. The van der Waals surface area contributed by atoms with Crippen LogP contribution in [-0.2, 0) is 0 Å². The second kappa shape index (κ2) is 4.61. The van der Waals surface area contributed by atoms with Gasteiger partial charge in [0.15, 0.2) is 0 Å². The third-order valence-corrected chi connectivity index (χ3v) is 1.94. The highest BCUT2D eigenvalue weighted by Gasteiger charge is 2.39. The molecule has 1 rings (SSSR count). The molecule has 0 unspecified atom stereocenters. The van der Waals surface area contributed by atoms with E-state index in [1.165, 1.54) is 0 Å². The van der Waals surface area contributed by atoms with Crippen molar-refractivity contribution in [2.45, 2.75) is 19.1 Å². The SMILES string of the molecule is CCN[C@H](c1ccc(F)cc1)C(F)(F)F. The van der Waals surface area contributed by atoms with E-state index in [2.05, 4.69) is 5.32 Å². The summed E-state index contributed by atoms with van der Waals surface area (Å²) >= 11 is 0. The van der Waals surface area contributed by atoms with Crippen LogP contribution in [0.1, 0.15) is 18.5 Å². The Kier molecular flexibility index (Phi) is 3.68. The molecule has 0 aliphatic heterocycles. The summed E-state index contributed by atoms with van der Waals surface area (Å²) in [6.45, 7) is 1.78. The molecule has 15 heavy (non-hydrogen) atoms. The van der Waals surface area contributed by atoms with Crippen molar-refractivity contribution in [2.24, 2.45) is 0 Å². The Morgan fingerprint density at radius 2 is 1.73 bits per heavy atom. The van der Waals surface area contributed by atoms with Gasteiger partial charge in [-0.2, -0.15) is 13.2 Å². The summed E-state index contributed by atoms with van der Waals surface area (Å²) in [5, 5.41) is 2.31. The fourth-order valence-corrected chi connectivity index (χ4v) is 1.28. The van der Waals surface area contributed by atoms with Gasteiger partial charge >= 0.3 is 6.18 Å². The fourth-order valence-electron chi connectivity index (χ4n) is 1.28. The number of halogens is 4. The maximum Gasteiger partial charge on any atom is 0.407 e. The summed E-state index contributed by atoms with van der Waals surface area (Å²) in [4.78, 5) is 0. The minimum Gasteiger partial charge on any atom is -0.303 e. The number of alkyl halides is 3. The topological polar surface area (TPSA) is 12.0 Å². The lowest BCUT2D eigenvalue weighted by Crippen LogP contribution is -2.33. The lowest BCUT2D eigenvalue weighted by atomic mass is 10.1. The van der Waals surface area contributed by atoms with Crippen LogP contribution in [0.15, 0.2) is 24.3 Å². The zero-order valence-electron chi connectivity index (χ0n) is 8.11. The van der Waals surface area contributed by atoms with E-state index in [4.69, 9.17) is 0 Å². The van der Waals surface area contributed by atoms with Crippen LogP contribution in [0.3, 0.4) is 0 Å². The third-order valence-electron chi connectivity index (χ3n) is 1.94. The molecular formula is C10H11F4N. The fraction of sp³-hybridized carbons (Fsp3) is 0.400. The van der Waals surface area contributed by atoms with Crippen LogP contribution in [0, 0.1) is 5.82 Å². The van der Waals surface area contributed by atoms with E-state index in [0.29, 0.717) is 0 Å². The quantitative estimate of drug-likeness (QED) is 0.773. The van der Waals surface area contributed by atoms with Crippen molar-refractivity contribution in [1.82, 2.24) is 5.32 Å². The van der Waals surface area contributed by atoms with Gasteiger partial charge in [-0.15, -0.1) is 0 Å². The first kappa shape index (κ1) is 12.0. The predicted octanol–water partition coefficient (Wildman–Crippen LogP) is 3.04. The average Bonchev–Trinajstić information content (AvgIpc) is 2.14. The van der Waals surface area contributed by atoms with Crippen molar-refractivity contribution in [2.75, 3.05) is 6.54 Å². The minimum atomic E-state index is -4.37. The van der Waals surface area contributed by atoms with Gasteiger partial charge in [0.1, 0.15) is 11.9 Å². The lowest BCUT2D eigenvalue weighted by Gasteiger charge is -2.21. The molecule has 0 saturated carbocycles. The second-order valence-electron chi connectivity index (χ2n) is 3.08. The molecule has 0 fully saturated rings. The van der Waals surface area contributed by atoms with Crippen LogP contribution in [-0.4, -0.2) is 12.7 Å². The first-order valence-electron chi connectivity index (χ1n) is 4.50. The average molecular weight is 221 g/mol. The van der Waals surface area contributed by atoms with Crippen molar-refractivity contribution < 1.29 is 17.6 Å². The van der Waals surface area contributed by atoms with Crippen LogP contribution in [0.2, 0.25) is 0 Å². The summed E-state index contributed by atoms with van der Waals surface area (Å²) in [6, 6.07) is 2.58. The van der Waals surface area contributed by atoms with E-state index in [1.807, 2.05) is 0 Å². The Morgan fingerprint density at radius 3 is 2.13 bits per heavy atom. The van der Waals surface area contributed by atoms with Crippen molar-refractivity contribution in [3.05, 3.63) is 35.6 Å². The Balaban J connectivity index is 2.94. The summed E-state index contributed by atoms with van der Waals surface area (Å²) in [5.74, 6) is -0.545. The van der Waals surface area contributed by atoms with Crippen LogP contribution in [0.4, 0.5) is 17.6 Å². The summed E-state index contributed by atoms with van der Waals surface area (Å²) < 4.78 is 50.1. The Hall–Kier alpha value is -1.10. The molecule has 0 aliphatic carbocycles. The van der Waals surface area contributed by atoms with E-state index in [0.717, 1.165) is 24.3 Å². The molecule has 1 atom stereocenters. The van der Waals surface area contributed by atoms with Gasteiger partial charge in [0.05, 0.1) is 0 Å². The van der Waals surface area contributed by atoms with Gasteiger partial charge in [0, 0.05) is 0 Å². The Bertz CT molecular complexity index is 304. The molecule has 0 amide bonds. The molecule has 0 bridgehead atoms. The van der Waals surface area contributed by atoms with Gasteiger partial charge in [0.2, 0.25) is 0 Å². The zero-order valence-corrected chi connectivity index (χ0v) is 8.11. The zero-order chi connectivity index (χ0) is 11.5. The monoisotopic (exact) mass is 221 g/mol. The standard InChI is InChI=1S/C10H11F4N/c1-2-15-9(10(12,13)14)7-3-5-8(11)6-4-7/h3-6,9,15H,2H2,1H3/t9-/m1/s1. The first-order valence-corrected chi connectivity index (χ1v) is 4.50. The van der Waals surface area contributed by atoms with E-state index >= 15 is 0 Å². The molecule has 1 aromatic rings. The lowest BCUT2D eigenvalue weighted by molar-refractivity contribution is -0.157. The van der Waals surface area contributed by atoms with Gasteiger partial charge in [-0.05, 0) is 24.2 Å². The molecule has 0 heterocycles. The minimum absolute atomic E-state index is 0.0192. The van der Waals surface area contributed by atoms with Gasteiger partial charge in [-0.1, -0.05) is 19.1 Å². The highest BCUT2D eigenvalue weighted by molar-refractivity contribution is 5.21. The van der Waals surface area contributed by atoms with Gasteiger partial charge in [-0.25, -0.2) is 4.39 Å². The molecule has 0 spiro atoms. The van der Waals surface area contributed by atoms with Crippen LogP contribution in [0.25, 0.3) is 0 Å². The molecule has 1 aromatic carbocycles. The molecule has 84 valence electrons. The molecule has 0 aliphatic rings. The maximum atomic E-state index is 12.5. The highest BCUT2D eigenvalue weighted by Crippen LogP contribution is 2.32. The number of benzene rings is 1. The molecule has 5 heteroatoms. The maximum absolute atomic E-state index is 12.5. The number of nitrogens with one attached hydrogen (secondary N) is 1. The van der Waals surface area contributed by atoms with E-state index in [9.17, 15) is 17.6 Å². The van der Waals surface area contributed by atoms with Crippen molar-refractivity contribution in [1.29, 1.82) is 0 Å².